The van der Waals surface area contributed by atoms with Gasteiger partial charge in [0.2, 0.25) is 5.91 Å². The Morgan fingerprint density at radius 3 is 2.15 bits per heavy atom. The summed E-state index contributed by atoms with van der Waals surface area (Å²) < 4.78 is 0. The SMILES string of the molecule is O=C1CCCc2nc(NC(=O)C(c3ccccc3)c3ccccc3)sc21. The minimum atomic E-state index is -0.422. The molecule has 0 unspecified atom stereocenters. The van der Waals surface area contributed by atoms with E-state index in [0.717, 1.165) is 29.7 Å². The van der Waals surface area contributed by atoms with Gasteiger partial charge in [-0.2, -0.15) is 0 Å². The first-order valence-corrected chi connectivity index (χ1v) is 9.47. The largest absolute Gasteiger partial charge is 0.301 e. The molecule has 0 atom stereocenters. The number of benzene rings is 2. The molecule has 0 radical (unpaired) electrons. The van der Waals surface area contributed by atoms with Crippen LogP contribution in [0.3, 0.4) is 0 Å². The molecule has 0 aliphatic heterocycles. The molecule has 3 aromatic rings. The van der Waals surface area contributed by atoms with Crippen molar-refractivity contribution in [1.29, 1.82) is 0 Å². The lowest BCUT2D eigenvalue weighted by molar-refractivity contribution is -0.116. The number of amides is 1. The number of carbonyl (C=O) groups is 2. The molecule has 1 aromatic heterocycles. The van der Waals surface area contributed by atoms with Crippen LogP contribution in [0.5, 0.6) is 0 Å². The van der Waals surface area contributed by atoms with Crippen LogP contribution in [0, 0.1) is 0 Å². The van der Waals surface area contributed by atoms with Crippen LogP contribution in [0.2, 0.25) is 0 Å². The Kier molecular flexibility index (Phi) is 4.63. The summed E-state index contributed by atoms with van der Waals surface area (Å²) in [6.45, 7) is 0. The van der Waals surface area contributed by atoms with Gasteiger partial charge in [0.1, 0.15) is 0 Å². The normalized spacial score (nSPS) is 13.5. The maximum Gasteiger partial charge on any atom is 0.238 e. The van der Waals surface area contributed by atoms with Gasteiger partial charge in [-0.3, -0.25) is 9.59 Å². The van der Waals surface area contributed by atoms with Crippen molar-refractivity contribution in [3.63, 3.8) is 0 Å². The first kappa shape index (κ1) is 16.7. The van der Waals surface area contributed by atoms with Crippen LogP contribution in [-0.4, -0.2) is 16.7 Å². The van der Waals surface area contributed by atoms with Gasteiger partial charge in [-0.1, -0.05) is 72.0 Å². The molecule has 0 saturated heterocycles. The Morgan fingerprint density at radius 1 is 0.962 bits per heavy atom. The van der Waals surface area contributed by atoms with Crippen molar-refractivity contribution in [2.45, 2.75) is 25.2 Å². The Labute approximate surface area is 155 Å². The van der Waals surface area contributed by atoms with Gasteiger partial charge in [0.25, 0.3) is 0 Å². The van der Waals surface area contributed by atoms with E-state index < -0.39 is 5.92 Å². The third-order valence-electron chi connectivity index (χ3n) is 4.53. The van der Waals surface area contributed by atoms with E-state index in [4.69, 9.17) is 0 Å². The number of fused-ring (bicyclic) bond motifs is 1. The van der Waals surface area contributed by atoms with Crippen LogP contribution < -0.4 is 5.32 Å². The van der Waals surface area contributed by atoms with Crippen LogP contribution in [0.1, 0.15) is 45.3 Å². The first-order chi connectivity index (χ1) is 12.7. The number of aryl methyl sites for hydroxylation is 1. The van der Waals surface area contributed by atoms with Crippen LogP contribution in [0.15, 0.2) is 60.7 Å². The molecule has 1 amide bonds. The topological polar surface area (TPSA) is 59.1 Å². The first-order valence-electron chi connectivity index (χ1n) is 8.66. The molecule has 26 heavy (non-hydrogen) atoms. The molecule has 5 heteroatoms. The van der Waals surface area contributed by atoms with E-state index >= 15 is 0 Å². The molecule has 0 saturated carbocycles. The fourth-order valence-electron chi connectivity index (χ4n) is 3.29. The fourth-order valence-corrected chi connectivity index (χ4v) is 4.27. The van der Waals surface area contributed by atoms with Gasteiger partial charge >= 0.3 is 0 Å². The maximum absolute atomic E-state index is 13.1. The summed E-state index contributed by atoms with van der Waals surface area (Å²) in [5.74, 6) is -0.429. The molecule has 2 aromatic carbocycles. The second-order valence-electron chi connectivity index (χ2n) is 6.32. The predicted octanol–water partition coefficient (Wildman–Crippen LogP) is 4.43. The quantitative estimate of drug-likeness (QED) is 0.747. The standard InChI is InChI=1S/C21H18N2O2S/c24-17-13-7-12-16-19(17)26-21(22-16)23-20(25)18(14-8-3-1-4-9-14)15-10-5-2-6-11-15/h1-6,8-11,18H,7,12-13H2,(H,22,23,25). The van der Waals surface area contributed by atoms with Gasteiger partial charge in [-0.05, 0) is 24.0 Å². The summed E-state index contributed by atoms with van der Waals surface area (Å²) in [4.78, 5) is 30.3. The summed E-state index contributed by atoms with van der Waals surface area (Å²) >= 11 is 1.29. The number of aromatic nitrogens is 1. The molecule has 4 rings (SSSR count). The summed E-state index contributed by atoms with van der Waals surface area (Å²) in [6, 6.07) is 19.4. The van der Waals surface area contributed by atoms with E-state index in [2.05, 4.69) is 10.3 Å². The molecule has 1 heterocycles. The predicted molar refractivity (Wildman–Crippen MR) is 103 cm³/mol. The Morgan fingerprint density at radius 2 is 1.58 bits per heavy atom. The number of ketones is 1. The second-order valence-corrected chi connectivity index (χ2v) is 7.31. The van der Waals surface area contributed by atoms with E-state index in [0.29, 0.717) is 16.4 Å². The Bertz CT molecular complexity index is 896. The summed E-state index contributed by atoms with van der Waals surface area (Å²) in [7, 11) is 0. The highest BCUT2D eigenvalue weighted by Crippen LogP contribution is 2.31. The van der Waals surface area contributed by atoms with Gasteiger partial charge in [-0.15, -0.1) is 0 Å². The summed E-state index contributed by atoms with van der Waals surface area (Å²) in [5, 5.41) is 3.44. The molecule has 0 fully saturated rings. The lowest BCUT2D eigenvalue weighted by Crippen LogP contribution is -2.22. The average Bonchev–Trinajstić information content (AvgIpc) is 3.07. The Balaban J connectivity index is 1.64. The van der Waals surface area contributed by atoms with Gasteiger partial charge in [0.05, 0.1) is 16.5 Å². The third-order valence-corrected chi connectivity index (χ3v) is 5.58. The monoisotopic (exact) mass is 362 g/mol. The number of carbonyl (C=O) groups excluding carboxylic acids is 2. The van der Waals surface area contributed by atoms with Crippen molar-refractivity contribution >= 4 is 28.2 Å². The lowest BCUT2D eigenvalue weighted by atomic mass is 9.90. The molecule has 1 aliphatic rings. The number of hydrogen-bond donors (Lipinski definition) is 1. The molecule has 0 spiro atoms. The minimum Gasteiger partial charge on any atom is -0.301 e. The second kappa shape index (κ2) is 7.22. The Hall–Kier alpha value is -2.79. The maximum atomic E-state index is 13.1. The lowest BCUT2D eigenvalue weighted by Gasteiger charge is -2.17. The van der Waals surface area contributed by atoms with E-state index in [1.807, 2.05) is 60.7 Å². The number of anilines is 1. The highest BCUT2D eigenvalue weighted by molar-refractivity contribution is 7.17. The number of nitrogens with one attached hydrogen (secondary N) is 1. The van der Waals surface area contributed by atoms with Crippen molar-refractivity contribution in [1.82, 2.24) is 4.98 Å². The van der Waals surface area contributed by atoms with E-state index in [9.17, 15) is 9.59 Å². The smallest absolute Gasteiger partial charge is 0.238 e. The molecular formula is C21H18N2O2S. The van der Waals surface area contributed by atoms with Gasteiger partial charge in [0, 0.05) is 6.42 Å². The zero-order chi connectivity index (χ0) is 17.9. The third kappa shape index (κ3) is 3.30. The minimum absolute atomic E-state index is 0.131. The summed E-state index contributed by atoms with van der Waals surface area (Å²) in [5.41, 5.74) is 2.67. The van der Waals surface area contributed by atoms with Gasteiger partial charge in [0.15, 0.2) is 10.9 Å². The van der Waals surface area contributed by atoms with E-state index in [1.54, 1.807) is 0 Å². The average molecular weight is 362 g/mol. The van der Waals surface area contributed by atoms with Gasteiger partial charge < -0.3 is 5.32 Å². The van der Waals surface area contributed by atoms with Crippen LogP contribution in [-0.2, 0) is 11.2 Å². The number of nitrogens with zero attached hydrogens (tertiary/aromatic N) is 1. The zero-order valence-corrected chi connectivity index (χ0v) is 15.0. The van der Waals surface area contributed by atoms with Crippen molar-refractivity contribution in [3.05, 3.63) is 82.4 Å². The number of rotatable bonds is 4. The highest BCUT2D eigenvalue weighted by Gasteiger charge is 2.26. The van der Waals surface area contributed by atoms with E-state index in [-0.39, 0.29) is 11.7 Å². The zero-order valence-electron chi connectivity index (χ0n) is 14.1. The van der Waals surface area contributed by atoms with Gasteiger partial charge in [-0.25, -0.2) is 4.98 Å². The van der Waals surface area contributed by atoms with Crippen molar-refractivity contribution in [2.75, 3.05) is 5.32 Å². The number of thiazole rings is 1. The molecular weight excluding hydrogens is 344 g/mol. The van der Waals surface area contributed by atoms with Crippen LogP contribution in [0.4, 0.5) is 5.13 Å². The van der Waals surface area contributed by atoms with Crippen LogP contribution >= 0.6 is 11.3 Å². The number of Topliss-reactive ketones (excluding diaryl/α,β-unsaturated/α-hetero) is 1. The van der Waals surface area contributed by atoms with E-state index in [1.165, 1.54) is 11.3 Å². The molecule has 1 aliphatic carbocycles. The number of hydrogen-bond acceptors (Lipinski definition) is 4. The molecule has 1 N–H and O–H groups in total. The molecule has 130 valence electrons. The fraction of sp³-hybridized carbons (Fsp3) is 0.190. The van der Waals surface area contributed by atoms with Crippen molar-refractivity contribution < 1.29 is 9.59 Å². The summed E-state index contributed by atoms with van der Waals surface area (Å²) in [6.07, 6.45) is 2.20. The van der Waals surface area contributed by atoms with Crippen LogP contribution in [0.25, 0.3) is 0 Å². The van der Waals surface area contributed by atoms with Crippen molar-refractivity contribution in [3.8, 4) is 0 Å². The molecule has 0 bridgehead atoms. The van der Waals surface area contributed by atoms with Crippen molar-refractivity contribution in [2.24, 2.45) is 0 Å². The highest BCUT2D eigenvalue weighted by atomic mass is 32.1. The molecule has 4 nitrogen and oxygen atoms in total.